The predicted molar refractivity (Wildman–Crippen MR) is 111 cm³/mol. The Morgan fingerprint density at radius 3 is 2.77 bits per heavy atom. The fourth-order valence-electron chi connectivity index (χ4n) is 2.84. The van der Waals surface area contributed by atoms with Crippen molar-refractivity contribution in [1.29, 1.82) is 0 Å². The van der Waals surface area contributed by atoms with Gasteiger partial charge in [-0.1, -0.05) is 42.1 Å². The highest BCUT2D eigenvalue weighted by molar-refractivity contribution is 8.00. The quantitative estimate of drug-likeness (QED) is 0.568. The standard InChI is InChI=1S/C20H27N5O4S/c1-20(2,21)18(27)22-14(12-28-11-13-7-5-4-6-8-13)16-23-24-19(25(16)3)30-15-9-10-29-17(15)26/h4-8,14-15H,9-12,21H2,1-3H3,(H,22,27)/t14-,15?/m1/s1. The van der Waals surface area contributed by atoms with Crippen molar-refractivity contribution in [2.75, 3.05) is 13.2 Å². The van der Waals surface area contributed by atoms with Gasteiger partial charge in [0.2, 0.25) is 5.91 Å². The number of benzene rings is 1. The minimum Gasteiger partial charge on any atom is -0.465 e. The van der Waals surface area contributed by atoms with Crippen molar-refractivity contribution in [2.45, 2.75) is 48.9 Å². The molecule has 1 aromatic carbocycles. The first kappa shape index (κ1) is 22.3. The molecule has 2 heterocycles. The fourth-order valence-corrected chi connectivity index (χ4v) is 3.81. The minimum atomic E-state index is -1.05. The van der Waals surface area contributed by atoms with Crippen LogP contribution >= 0.6 is 11.8 Å². The monoisotopic (exact) mass is 433 g/mol. The highest BCUT2D eigenvalue weighted by atomic mass is 32.2. The molecule has 0 bridgehead atoms. The van der Waals surface area contributed by atoms with Crippen molar-refractivity contribution in [2.24, 2.45) is 12.8 Å². The lowest BCUT2D eigenvalue weighted by Crippen LogP contribution is -2.51. The molecule has 2 atom stereocenters. The van der Waals surface area contributed by atoms with Gasteiger partial charge in [-0.15, -0.1) is 10.2 Å². The summed E-state index contributed by atoms with van der Waals surface area (Å²) in [6.07, 6.45) is 0.632. The van der Waals surface area contributed by atoms with Crippen molar-refractivity contribution < 1.29 is 19.1 Å². The molecule has 9 nitrogen and oxygen atoms in total. The zero-order chi connectivity index (χ0) is 21.7. The van der Waals surface area contributed by atoms with Gasteiger partial charge in [-0.2, -0.15) is 0 Å². The van der Waals surface area contributed by atoms with Gasteiger partial charge < -0.3 is 25.1 Å². The first-order valence-electron chi connectivity index (χ1n) is 9.70. The van der Waals surface area contributed by atoms with Crippen LogP contribution in [0, 0.1) is 0 Å². The second-order valence-corrected chi connectivity index (χ2v) is 8.88. The van der Waals surface area contributed by atoms with Crippen LogP contribution in [0.25, 0.3) is 0 Å². The van der Waals surface area contributed by atoms with Crippen LogP contribution in [0.1, 0.15) is 37.7 Å². The van der Waals surface area contributed by atoms with Gasteiger partial charge in [0.25, 0.3) is 0 Å². The molecule has 1 amide bonds. The number of nitrogens with zero attached hydrogens (tertiary/aromatic N) is 3. The molecule has 2 aromatic rings. The van der Waals surface area contributed by atoms with Crippen LogP contribution in [0.2, 0.25) is 0 Å². The van der Waals surface area contributed by atoms with Crippen LogP contribution in [0.3, 0.4) is 0 Å². The van der Waals surface area contributed by atoms with E-state index in [-0.39, 0.29) is 23.7 Å². The number of hydrogen-bond acceptors (Lipinski definition) is 8. The Kier molecular flexibility index (Phi) is 7.11. The average molecular weight is 434 g/mol. The molecule has 0 saturated carbocycles. The zero-order valence-electron chi connectivity index (χ0n) is 17.3. The largest absolute Gasteiger partial charge is 0.465 e. The lowest BCUT2D eigenvalue weighted by molar-refractivity contribution is -0.137. The van der Waals surface area contributed by atoms with E-state index in [4.69, 9.17) is 15.2 Å². The number of esters is 1. The van der Waals surface area contributed by atoms with Crippen LogP contribution in [0.4, 0.5) is 0 Å². The third-order valence-electron chi connectivity index (χ3n) is 4.60. The van der Waals surface area contributed by atoms with Gasteiger partial charge >= 0.3 is 5.97 Å². The number of aromatic nitrogens is 3. The van der Waals surface area contributed by atoms with Gasteiger partial charge in [0.05, 0.1) is 25.4 Å². The molecule has 30 heavy (non-hydrogen) atoms. The average Bonchev–Trinajstić information content (AvgIpc) is 3.27. The van der Waals surface area contributed by atoms with E-state index in [1.165, 1.54) is 11.8 Å². The molecule has 1 aliphatic rings. The molecule has 1 saturated heterocycles. The molecule has 1 aromatic heterocycles. The maximum absolute atomic E-state index is 12.5. The van der Waals surface area contributed by atoms with Crippen LogP contribution in [-0.4, -0.2) is 50.6 Å². The van der Waals surface area contributed by atoms with Crippen LogP contribution in [0.15, 0.2) is 35.5 Å². The molecule has 0 radical (unpaired) electrons. The second-order valence-electron chi connectivity index (χ2n) is 7.71. The van der Waals surface area contributed by atoms with Gasteiger partial charge in [0.15, 0.2) is 11.0 Å². The molecule has 1 fully saturated rings. The van der Waals surface area contributed by atoms with E-state index in [0.717, 1.165) is 5.56 Å². The maximum Gasteiger partial charge on any atom is 0.319 e. The number of carbonyl (C=O) groups is 2. The van der Waals surface area contributed by atoms with Gasteiger partial charge in [-0.25, -0.2) is 0 Å². The van der Waals surface area contributed by atoms with E-state index in [2.05, 4.69) is 15.5 Å². The Labute approximate surface area is 179 Å². The molecule has 0 aliphatic carbocycles. The Morgan fingerprint density at radius 1 is 1.40 bits per heavy atom. The third-order valence-corrected chi connectivity index (χ3v) is 5.88. The number of rotatable bonds is 9. The summed E-state index contributed by atoms with van der Waals surface area (Å²) in [7, 11) is 1.79. The van der Waals surface area contributed by atoms with Gasteiger partial charge in [-0.3, -0.25) is 9.59 Å². The summed E-state index contributed by atoms with van der Waals surface area (Å²) < 4.78 is 12.6. The molecule has 1 aliphatic heterocycles. The summed E-state index contributed by atoms with van der Waals surface area (Å²) in [6.45, 7) is 4.27. The van der Waals surface area contributed by atoms with Crippen molar-refractivity contribution in [1.82, 2.24) is 20.1 Å². The summed E-state index contributed by atoms with van der Waals surface area (Å²) in [5, 5.41) is 11.6. The Balaban J connectivity index is 1.73. The van der Waals surface area contributed by atoms with E-state index in [9.17, 15) is 9.59 Å². The van der Waals surface area contributed by atoms with Crippen LogP contribution < -0.4 is 11.1 Å². The van der Waals surface area contributed by atoms with E-state index in [1.54, 1.807) is 25.5 Å². The molecule has 3 rings (SSSR count). The Hall–Kier alpha value is -2.43. The second kappa shape index (κ2) is 9.59. The normalized spacial score (nSPS) is 17.6. The number of hydrogen-bond donors (Lipinski definition) is 2. The smallest absolute Gasteiger partial charge is 0.319 e. The summed E-state index contributed by atoms with van der Waals surface area (Å²) in [6, 6.07) is 9.20. The molecule has 162 valence electrons. The molecular weight excluding hydrogens is 406 g/mol. The molecular formula is C20H27N5O4S. The number of carbonyl (C=O) groups excluding carboxylic acids is 2. The first-order valence-corrected chi connectivity index (χ1v) is 10.6. The van der Waals surface area contributed by atoms with Crippen LogP contribution in [0.5, 0.6) is 0 Å². The van der Waals surface area contributed by atoms with Gasteiger partial charge in [-0.05, 0) is 19.4 Å². The molecule has 1 unspecified atom stereocenters. The Bertz CT molecular complexity index is 881. The van der Waals surface area contributed by atoms with Crippen LogP contribution in [-0.2, 0) is 32.7 Å². The number of amides is 1. The van der Waals surface area contributed by atoms with Gasteiger partial charge in [0.1, 0.15) is 11.3 Å². The highest BCUT2D eigenvalue weighted by Crippen LogP contribution is 2.29. The summed E-state index contributed by atoms with van der Waals surface area (Å²) in [4.78, 5) is 24.3. The van der Waals surface area contributed by atoms with Crippen molar-refractivity contribution in [3.8, 4) is 0 Å². The highest BCUT2D eigenvalue weighted by Gasteiger charge is 2.32. The topological polar surface area (TPSA) is 121 Å². The summed E-state index contributed by atoms with van der Waals surface area (Å²) in [5.74, 6) is -0.0487. The lowest BCUT2D eigenvalue weighted by atomic mass is 10.1. The van der Waals surface area contributed by atoms with E-state index >= 15 is 0 Å². The number of nitrogens with two attached hydrogens (primary N) is 1. The van der Waals surface area contributed by atoms with E-state index in [1.807, 2.05) is 30.3 Å². The first-order chi connectivity index (χ1) is 14.3. The van der Waals surface area contributed by atoms with Gasteiger partial charge in [0, 0.05) is 13.5 Å². The van der Waals surface area contributed by atoms with E-state index < -0.39 is 11.6 Å². The SMILES string of the molecule is Cn1c(SC2CCOC2=O)nnc1[C@@H](COCc1ccccc1)NC(=O)C(C)(C)N. The fraction of sp³-hybridized carbons (Fsp3) is 0.500. The summed E-state index contributed by atoms with van der Waals surface area (Å²) in [5.41, 5.74) is 5.91. The zero-order valence-corrected chi connectivity index (χ0v) is 18.1. The maximum atomic E-state index is 12.5. The van der Waals surface area contributed by atoms with Crippen molar-refractivity contribution in [3.63, 3.8) is 0 Å². The molecule has 10 heteroatoms. The van der Waals surface area contributed by atoms with Crippen molar-refractivity contribution >= 4 is 23.6 Å². The number of nitrogens with one attached hydrogen (secondary N) is 1. The van der Waals surface area contributed by atoms with E-state index in [0.29, 0.717) is 30.6 Å². The summed E-state index contributed by atoms with van der Waals surface area (Å²) >= 11 is 1.31. The third kappa shape index (κ3) is 5.59. The number of thioether (sulfide) groups is 1. The Morgan fingerprint density at radius 2 is 2.13 bits per heavy atom. The van der Waals surface area contributed by atoms with Crippen molar-refractivity contribution in [3.05, 3.63) is 41.7 Å². The number of ether oxygens (including phenoxy) is 2. The number of cyclic esters (lactones) is 1. The lowest BCUT2D eigenvalue weighted by Gasteiger charge is -2.24. The molecule has 0 spiro atoms. The predicted octanol–water partition coefficient (Wildman–Crippen LogP) is 1.33. The minimum absolute atomic E-state index is 0.193. The molecule has 3 N–H and O–H groups in total.